The molecule has 1 aromatic carbocycles. The van der Waals surface area contributed by atoms with E-state index in [4.69, 9.17) is 4.42 Å². The summed E-state index contributed by atoms with van der Waals surface area (Å²) in [7, 11) is 0. The van der Waals surface area contributed by atoms with E-state index in [2.05, 4.69) is 28.4 Å². The van der Waals surface area contributed by atoms with E-state index in [1.54, 1.807) is 16.8 Å². The molecule has 0 saturated heterocycles. The number of pyridine rings is 1. The van der Waals surface area contributed by atoms with Gasteiger partial charge in [-0.3, -0.25) is 4.79 Å². The Bertz CT molecular complexity index is 1030. The van der Waals surface area contributed by atoms with Gasteiger partial charge in [-0.05, 0) is 30.0 Å². The molecule has 0 fully saturated rings. The number of aromatic nitrogens is 3. The Balaban J connectivity index is 1.49. The van der Waals surface area contributed by atoms with E-state index in [0.717, 1.165) is 29.7 Å². The van der Waals surface area contributed by atoms with Crippen LogP contribution in [0, 0.1) is 0 Å². The van der Waals surface area contributed by atoms with Crippen molar-refractivity contribution in [1.29, 1.82) is 0 Å². The molecule has 0 unspecified atom stereocenters. The topological polar surface area (TPSA) is 60.9 Å². The number of thioether (sulfide) groups is 1. The highest BCUT2D eigenvalue weighted by Gasteiger charge is 2.11. The van der Waals surface area contributed by atoms with E-state index in [1.807, 2.05) is 30.3 Å². The molecular formula is C21H19N3O2S. The normalized spacial score (nSPS) is 13.6. The minimum atomic E-state index is -0.0623. The van der Waals surface area contributed by atoms with Gasteiger partial charge in [-0.1, -0.05) is 60.3 Å². The van der Waals surface area contributed by atoms with Gasteiger partial charge in [0, 0.05) is 18.0 Å². The Morgan fingerprint density at radius 3 is 2.78 bits per heavy atom. The summed E-state index contributed by atoms with van der Waals surface area (Å²) in [5.74, 6) is 1.23. The molecule has 0 aliphatic heterocycles. The lowest BCUT2D eigenvalue weighted by atomic mass is 10.1. The number of benzene rings is 1. The molecule has 136 valence electrons. The fraction of sp³-hybridized carbons (Fsp3) is 0.190. The molecule has 0 atom stereocenters. The van der Waals surface area contributed by atoms with Crippen LogP contribution < -0.4 is 5.56 Å². The van der Waals surface area contributed by atoms with Crippen LogP contribution in [-0.2, 0) is 6.54 Å². The second kappa shape index (κ2) is 8.22. The van der Waals surface area contributed by atoms with Crippen molar-refractivity contribution in [1.82, 2.24) is 14.8 Å². The summed E-state index contributed by atoms with van der Waals surface area (Å²) in [5.41, 5.74) is 3.02. The molecule has 1 aliphatic carbocycles. The maximum Gasteiger partial charge on any atom is 0.277 e. The first kappa shape index (κ1) is 17.5. The molecule has 0 spiro atoms. The van der Waals surface area contributed by atoms with Gasteiger partial charge in [0.25, 0.3) is 10.8 Å². The van der Waals surface area contributed by atoms with E-state index in [9.17, 15) is 4.79 Å². The molecule has 0 N–H and O–H groups in total. The molecule has 2 heterocycles. The van der Waals surface area contributed by atoms with Crippen molar-refractivity contribution in [2.24, 2.45) is 0 Å². The number of nitrogens with zero attached hydrogens (tertiary/aromatic N) is 3. The lowest BCUT2D eigenvalue weighted by Gasteiger charge is -2.06. The zero-order chi connectivity index (χ0) is 18.5. The quantitative estimate of drug-likeness (QED) is 0.599. The standard InChI is InChI=1S/C21H19N3O2S/c25-19-12-11-18(14-24(19)13-16-7-3-1-4-8-16)20-22-23-21(26-20)27-15-17-9-5-2-6-10-17/h1,3-5,7-12,14H,2,6,13,15H2. The fourth-order valence-electron chi connectivity index (χ4n) is 2.87. The highest BCUT2D eigenvalue weighted by atomic mass is 32.2. The fourth-order valence-corrected chi connectivity index (χ4v) is 3.61. The van der Waals surface area contributed by atoms with Gasteiger partial charge in [-0.2, -0.15) is 0 Å². The first-order chi connectivity index (χ1) is 13.3. The molecule has 27 heavy (non-hydrogen) atoms. The van der Waals surface area contributed by atoms with Crippen LogP contribution in [-0.4, -0.2) is 20.5 Å². The largest absolute Gasteiger partial charge is 0.411 e. The molecular weight excluding hydrogens is 358 g/mol. The third-order valence-electron chi connectivity index (χ3n) is 4.27. The smallest absolute Gasteiger partial charge is 0.277 e. The van der Waals surface area contributed by atoms with Gasteiger partial charge in [-0.15, -0.1) is 10.2 Å². The van der Waals surface area contributed by atoms with E-state index < -0.39 is 0 Å². The summed E-state index contributed by atoms with van der Waals surface area (Å²) in [6.45, 7) is 0.504. The number of allylic oxidation sites excluding steroid dienone is 3. The average molecular weight is 377 g/mol. The monoisotopic (exact) mass is 377 g/mol. The van der Waals surface area contributed by atoms with Crippen molar-refractivity contribution >= 4 is 11.8 Å². The molecule has 3 aromatic rings. The van der Waals surface area contributed by atoms with Gasteiger partial charge < -0.3 is 8.98 Å². The molecule has 4 rings (SSSR count). The molecule has 6 heteroatoms. The summed E-state index contributed by atoms with van der Waals surface area (Å²) < 4.78 is 7.43. The SMILES string of the molecule is O=c1ccc(-c2nnc(SCC3=CCCC=C3)o2)cn1Cc1ccccc1. The van der Waals surface area contributed by atoms with Crippen molar-refractivity contribution in [3.05, 3.63) is 88.4 Å². The molecule has 0 bridgehead atoms. The van der Waals surface area contributed by atoms with Crippen LogP contribution in [0.1, 0.15) is 18.4 Å². The predicted molar refractivity (Wildman–Crippen MR) is 107 cm³/mol. The highest BCUT2D eigenvalue weighted by molar-refractivity contribution is 7.99. The Hall–Kier alpha value is -2.86. The third-order valence-corrected chi connectivity index (χ3v) is 5.16. The molecule has 5 nitrogen and oxygen atoms in total. The van der Waals surface area contributed by atoms with E-state index in [-0.39, 0.29) is 5.56 Å². The van der Waals surface area contributed by atoms with E-state index in [0.29, 0.717) is 17.7 Å². The molecule has 0 amide bonds. The van der Waals surface area contributed by atoms with Gasteiger partial charge in [0.1, 0.15) is 0 Å². The zero-order valence-electron chi connectivity index (χ0n) is 14.7. The summed E-state index contributed by atoms with van der Waals surface area (Å²) in [5, 5.41) is 8.79. The van der Waals surface area contributed by atoms with Gasteiger partial charge in [0.2, 0.25) is 5.89 Å². The van der Waals surface area contributed by atoms with Gasteiger partial charge in [0.05, 0.1) is 12.1 Å². The Labute approximate surface area is 161 Å². The number of hydrogen-bond acceptors (Lipinski definition) is 5. The Morgan fingerprint density at radius 2 is 1.96 bits per heavy atom. The predicted octanol–water partition coefficient (Wildman–Crippen LogP) is 4.32. The van der Waals surface area contributed by atoms with E-state index in [1.165, 1.54) is 23.4 Å². The van der Waals surface area contributed by atoms with Crippen LogP contribution in [0.5, 0.6) is 0 Å². The van der Waals surface area contributed by atoms with Crippen molar-refractivity contribution in [2.75, 3.05) is 5.75 Å². The van der Waals surface area contributed by atoms with Gasteiger partial charge in [0.15, 0.2) is 0 Å². The van der Waals surface area contributed by atoms with E-state index >= 15 is 0 Å². The van der Waals surface area contributed by atoms with Gasteiger partial charge >= 0.3 is 0 Å². The van der Waals surface area contributed by atoms with Crippen molar-refractivity contribution in [3.8, 4) is 11.5 Å². The summed E-state index contributed by atoms with van der Waals surface area (Å²) in [6.07, 6.45) is 10.5. The second-order valence-corrected chi connectivity index (χ2v) is 7.22. The lowest BCUT2D eigenvalue weighted by molar-refractivity contribution is 0.465. The zero-order valence-corrected chi connectivity index (χ0v) is 15.6. The van der Waals surface area contributed by atoms with Crippen molar-refractivity contribution in [2.45, 2.75) is 24.6 Å². The Kier molecular flexibility index (Phi) is 5.34. The van der Waals surface area contributed by atoms with Crippen LogP contribution in [0.15, 0.2) is 86.9 Å². The van der Waals surface area contributed by atoms with Crippen LogP contribution >= 0.6 is 11.8 Å². The molecule has 0 saturated carbocycles. The first-order valence-electron chi connectivity index (χ1n) is 8.84. The molecule has 1 aliphatic rings. The minimum Gasteiger partial charge on any atom is -0.411 e. The van der Waals surface area contributed by atoms with Gasteiger partial charge in [-0.25, -0.2) is 0 Å². The number of hydrogen-bond donors (Lipinski definition) is 0. The van der Waals surface area contributed by atoms with Crippen LogP contribution in [0.25, 0.3) is 11.5 Å². The van der Waals surface area contributed by atoms with Crippen LogP contribution in [0.4, 0.5) is 0 Å². The summed E-state index contributed by atoms with van der Waals surface area (Å²) in [4.78, 5) is 12.2. The molecule has 2 aromatic heterocycles. The maximum atomic E-state index is 12.2. The summed E-state index contributed by atoms with van der Waals surface area (Å²) in [6, 6.07) is 13.1. The second-order valence-electron chi connectivity index (χ2n) is 6.29. The van der Waals surface area contributed by atoms with Crippen LogP contribution in [0.2, 0.25) is 0 Å². The molecule has 0 radical (unpaired) electrons. The first-order valence-corrected chi connectivity index (χ1v) is 9.83. The minimum absolute atomic E-state index is 0.0623. The number of rotatable bonds is 6. The Morgan fingerprint density at radius 1 is 1.07 bits per heavy atom. The summed E-state index contributed by atoms with van der Waals surface area (Å²) >= 11 is 1.52. The average Bonchev–Trinajstić information content (AvgIpc) is 3.19. The van der Waals surface area contributed by atoms with Crippen molar-refractivity contribution < 1.29 is 4.42 Å². The third kappa shape index (κ3) is 4.46. The van der Waals surface area contributed by atoms with Crippen LogP contribution in [0.3, 0.4) is 0 Å². The lowest BCUT2D eigenvalue weighted by Crippen LogP contribution is -2.19. The van der Waals surface area contributed by atoms with Crippen molar-refractivity contribution in [3.63, 3.8) is 0 Å². The maximum absolute atomic E-state index is 12.2. The highest BCUT2D eigenvalue weighted by Crippen LogP contribution is 2.25.